The lowest BCUT2D eigenvalue weighted by Crippen LogP contribution is -2.02. The molecule has 0 aromatic heterocycles. The van der Waals surface area contributed by atoms with Gasteiger partial charge in [0, 0.05) is 10.6 Å². The van der Waals surface area contributed by atoms with E-state index in [1.54, 1.807) is 0 Å². The van der Waals surface area contributed by atoms with Crippen LogP contribution in [0, 0.1) is 5.92 Å². The molecule has 0 bridgehead atoms. The molecule has 1 aromatic rings. The maximum Gasteiger partial charge on any atom is 0.00720 e. The Balaban J connectivity index is 2.37. The monoisotopic (exact) mass is 248 g/mol. The highest BCUT2D eigenvalue weighted by atomic mass is 32.2. The van der Waals surface area contributed by atoms with E-state index in [-0.39, 0.29) is 0 Å². The minimum atomic E-state index is 0.830. The molecule has 94 valence electrons. The lowest BCUT2D eigenvalue weighted by Gasteiger charge is -2.14. The molecule has 0 aliphatic rings. The fourth-order valence-electron chi connectivity index (χ4n) is 1.82. The van der Waals surface area contributed by atoms with Crippen molar-refractivity contribution >= 4 is 11.8 Å². The zero-order valence-corrected chi connectivity index (χ0v) is 11.9. The predicted octanol–water partition coefficient (Wildman–Crippen LogP) is 5.55. The topological polar surface area (TPSA) is 0 Å². The predicted molar refractivity (Wildman–Crippen MR) is 79.6 cm³/mol. The van der Waals surface area contributed by atoms with Crippen LogP contribution in [0.5, 0.6) is 0 Å². The van der Waals surface area contributed by atoms with E-state index < -0.39 is 0 Å². The van der Waals surface area contributed by atoms with Gasteiger partial charge in [0.15, 0.2) is 0 Å². The van der Waals surface area contributed by atoms with Gasteiger partial charge < -0.3 is 0 Å². The highest BCUT2D eigenvalue weighted by molar-refractivity contribution is 7.99. The highest BCUT2D eigenvalue weighted by Crippen LogP contribution is 2.25. The summed E-state index contributed by atoms with van der Waals surface area (Å²) in [7, 11) is 0. The van der Waals surface area contributed by atoms with Gasteiger partial charge in [-0.1, -0.05) is 50.1 Å². The van der Waals surface area contributed by atoms with Gasteiger partial charge in [0.1, 0.15) is 0 Å². The first-order valence-electron chi connectivity index (χ1n) is 6.65. The van der Waals surface area contributed by atoms with Crippen molar-refractivity contribution in [1.29, 1.82) is 0 Å². The van der Waals surface area contributed by atoms with Gasteiger partial charge in [-0.15, -0.1) is 11.8 Å². The Bertz CT molecular complexity index is 303. The Hall–Kier alpha value is -0.690. The molecule has 0 aliphatic carbocycles. The second-order valence-corrected chi connectivity index (χ2v) is 5.53. The number of thioether (sulfide) groups is 1. The Morgan fingerprint density at radius 1 is 1.24 bits per heavy atom. The van der Waals surface area contributed by atoms with E-state index in [1.807, 2.05) is 11.8 Å². The maximum absolute atomic E-state index is 2.31. The summed E-state index contributed by atoms with van der Waals surface area (Å²) in [5.74, 6) is 2.07. The summed E-state index contributed by atoms with van der Waals surface area (Å²) in [6.07, 6.45) is 9.74. The van der Waals surface area contributed by atoms with Gasteiger partial charge in [0.2, 0.25) is 0 Å². The largest absolute Gasteiger partial charge is 0.126 e. The molecule has 0 nitrogen and oxygen atoms in total. The van der Waals surface area contributed by atoms with E-state index in [1.165, 1.54) is 36.3 Å². The first-order chi connectivity index (χ1) is 8.36. The van der Waals surface area contributed by atoms with E-state index in [0.29, 0.717) is 0 Å². The molecule has 0 amide bonds. The van der Waals surface area contributed by atoms with Crippen LogP contribution in [0.15, 0.2) is 47.4 Å². The van der Waals surface area contributed by atoms with E-state index in [2.05, 4.69) is 56.3 Å². The van der Waals surface area contributed by atoms with Crippen molar-refractivity contribution in [3.63, 3.8) is 0 Å². The molecule has 0 radical (unpaired) electrons. The Kier molecular flexibility index (Phi) is 7.91. The molecule has 0 saturated carbocycles. The molecule has 1 rings (SSSR count). The van der Waals surface area contributed by atoms with Crippen LogP contribution in [0.25, 0.3) is 0 Å². The van der Waals surface area contributed by atoms with Crippen LogP contribution < -0.4 is 0 Å². The Labute approximate surface area is 111 Å². The van der Waals surface area contributed by atoms with Gasteiger partial charge in [-0.25, -0.2) is 0 Å². The van der Waals surface area contributed by atoms with Crippen LogP contribution >= 0.6 is 11.8 Å². The van der Waals surface area contributed by atoms with Gasteiger partial charge >= 0.3 is 0 Å². The summed E-state index contributed by atoms with van der Waals surface area (Å²) in [4.78, 5) is 1.40. The Morgan fingerprint density at radius 2 is 2.00 bits per heavy atom. The zero-order valence-electron chi connectivity index (χ0n) is 11.1. The molecule has 0 saturated heterocycles. The van der Waals surface area contributed by atoms with Crippen LogP contribution in [0.3, 0.4) is 0 Å². The average Bonchev–Trinajstić information content (AvgIpc) is 2.39. The van der Waals surface area contributed by atoms with E-state index in [4.69, 9.17) is 0 Å². The standard InChI is InChI=1S/C16H24S/c1-3-5-10-15(11-6-4-2)14-17-16-12-8-7-9-13-16/h3,5,7-9,12-13,15H,4,6,10-11,14H2,1-2H3/b5-3+. The summed E-state index contributed by atoms with van der Waals surface area (Å²) in [5.41, 5.74) is 0. The highest BCUT2D eigenvalue weighted by Gasteiger charge is 2.07. The normalized spacial score (nSPS) is 13.1. The third kappa shape index (κ3) is 6.58. The lowest BCUT2D eigenvalue weighted by molar-refractivity contribution is 0.519. The van der Waals surface area contributed by atoms with Crippen molar-refractivity contribution in [3.05, 3.63) is 42.5 Å². The molecule has 0 spiro atoms. The van der Waals surface area contributed by atoms with Crippen molar-refractivity contribution in [3.8, 4) is 0 Å². The smallest absolute Gasteiger partial charge is 0.00720 e. The first kappa shape index (κ1) is 14.4. The molecule has 1 heteroatoms. The van der Waals surface area contributed by atoms with Crippen LogP contribution in [0.1, 0.15) is 39.5 Å². The van der Waals surface area contributed by atoms with Gasteiger partial charge in [-0.2, -0.15) is 0 Å². The number of hydrogen-bond acceptors (Lipinski definition) is 1. The number of allylic oxidation sites excluding steroid dienone is 2. The molecule has 0 aliphatic heterocycles. The van der Waals surface area contributed by atoms with Crippen molar-refractivity contribution in [2.45, 2.75) is 44.4 Å². The van der Waals surface area contributed by atoms with Crippen molar-refractivity contribution in [1.82, 2.24) is 0 Å². The van der Waals surface area contributed by atoms with E-state index in [0.717, 1.165) is 5.92 Å². The third-order valence-electron chi connectivity index (χ3n) is 2.90. The lowest BCUT2D eigenvalue weighted by atomic mass is 10.0. The van der Waals surface area contributed by atoms with Crippen LogP contribution in [0.4, 0.5) is 0 Å². The summed E-state index contributed by atoms with van der Waals surface area (Å²) in [5, 5.41) is 0. The molecule has 1 unspecified atom stereocenters. The summed E-state index contributed by atoms with van der Waals surface area (Å²) >= 11 is 2.00. The van der Waals surface area contributed by atoms with Crippen molar-refractivity contribution < 1.29 is 0 Å². The average molecular weight is 248 g/mol. The molecule has 0 fully saturated rings. The third-order valence-corrected chi connectivity index (χ3v) is 4.14. The van der Waals surface area contributed by atoms with Gasteiger partial charge in [0.05, 0.1) is 0 Å². The summed E-state index contributed by atoms with van der Waals surface area (Å²) in [6.45, 7) is 4.39. The fraction of sp³-hybridized carbons (Fsp3) is 0.500. The molecular weight excluding hydrogens is 224 g/mol. The van der Waals surface area contributed by atoms with E-state index >= 15 is 0 Å². The number of rotatable bonds is 8. The summed E-state index contributed by atoms with van der Waals surface area (Å²) in [6, 6.07) is 10.7. The maximum atomic E-state index is 2.31. The molecule has 0 heterocycles. The molecule has 1 atom stereocenters. The van der Waals surface area contributed by atoms with E-state index in [9.17, 15) is 0 Å². The first-order valence-corrected chi connectivity index (χ1v) is 7.64. The molecule has 0 N–H and O–H groups in total. The van der Waals surface area contributed by atoms with Gasteiger partial charge in [-0.05, 0) is 37.8 Å². The van der Waals surface area contributed by atoms with Crippen LogP contribution in [-0.2, 0) is 0 Å². The quantitative estimate of drug-likeness (QED) is 0.429. The van der Waals surface area contributed by atoms with Crippen molar-refractivity contribution in [2.75, 3.05) is 5.75 Å². The fourth-order valence-corrected chi connectivity index (χ4v) is 2.90. The SMILES string of the molecule is C/C=C/CC(CCCC)CSc1ccccc1. The van der Waals surface area contributed by atoms with Crippen LogP contribution in [0.2, 0.25) is 0 Å². The van der Waals surface area contributed by atoms with Crippen molar-refractivity contribution in [2.24, 2.45) is 5.92 Å². The number of unbranched alkanes of at least 4 members (excludes halogenated alkanes) is 1. The Morgan fingerprint density at radius 3 is 2.65 bits per heavy atom. The van der Waals surface area contributed by atoms with Gasteiger partial charge in [0.25, 0.3) is 0 Å². The minimum Gasteiger partial charge on any atom is -0.126 e. The number of hydrogen-bond donors (Lipinski definition) is 0. The summed E-state index contributed by atoms with van der Waals surface area (Å²) < 4.78 is 0. The number of benzene rings is 1. The molecule has 17 heavy (non-hydrogen) atoms. The molecule has 1 aromatic carbocycles. The van der Waals surface area contributed by atoms with Gasteiger partial charge in [-0.3, -0.25) is 0 Å². The second kappa shape index (κ2) is 9.35. The molecular formula is C16H24S. The second-order valence-electron chi connectivity index (χ2n) is 4.44. The minimum absolute atomic E-state index is 0.830. The zero-order chi connectivity index (χ0) is 12.3. The van der Waals surface area contributed by atoms with Crippen LogP contribution in [-0.4, -0.2) is 5.75 Å².